The first-order valence-electron chi connectivity index (χ1n) is 5.06. The van der Waals surface area contributed by atoms with Gasteiger partial charge in [-0.15, -0.1) is 16.4 Å². The average Bonchev–Trinajstić information content (AvgIpc) is 2.13. The third kappa shape index (κ3) is 1.63. The van der Waals surface area contributed by atoms with E-state index in [1.807, 2.05) is 0 Å². The molecule has 13 heavy (non-hydrogen) atoms. The van der Waals surface area contributed by atoms with Crippen LogP contribution in [0.3, 0.4) is 0 Å². The van der Waals surface area contributed by atoms with Crippen molar-refractivity contribution < 1.29 is 0 Å². The van der Waals surface area contributed by atoms with Gasteiger partial charge in [-0.2, -0.15) is 0 Å². The summed E-state index contributed by atoms with van der Waals surface area (Å²) in [6, 6.07) is 0. The van der Waals surface area contributed by atoms with Crippen LogP contribution in [0.4, 0.5) is 0 Å². The molecular formula is C7H14B6. The highest BCUT2D eigenvalue weighted by Crippen LogP contribution is 1.83. The first-order valence-corrected chi connectivity index (χ1v) is 5.06. The van der Waals surface area contributed by atoms with E-state index in [-0.39, 0.29) is 0 Å². The molecule has 0 aliphatic rings. The van der Waals surface area contributed by atoms with Crippen LogP contribution in [0, 0.1) is 0 Å². The molecule has 1 rings (SSSR count). The van der Waals surface area contributed by atoms with Crippen LogP contribution in [0.15, 0.2) is 0 Å². The Kier molecular flexibility index (Phi) is 3.10. The van der Waals surface area contributed by atoms with Gasteiger partial charge in [0.1, 0.15) is 47.1 Å². The predicted molar refractivity (Wildman–Crippen MR) is 79.6 cm³/mol. The molecule has 0 spiro atoms. The molecule has 0 unspecified atom stereocenters. The van der Waals surface area contributed by atoms with Crippen molar-refractivity contribution in [3.63, 3.8) is 0 Å². The van der Waals surface area contributed by atoms with E-state index in [9.17, 15) is 0 Å². The number of hydrogen-bond acceptors (Lipinski definition) is 0. The molecule has 0 amide bonds. The highest BCUT2D eigenvalue weighted by Gasteiger charge is 2.08. The Bertz CT molecular complexity index is 316. The maximum atomic E-state index is 2.24. The highest BCUT2D eigenvalue weighted by atomic mass is 14.0. The molecule has 0 bridgehead atoms. The fraction of sp³-hybridized carbons (Fsp3) is 0.143. The second-order valence-corrected chi connectivity index (χ2v) is 3.96. The molecule has 0 fully saturated rings. The summed E-state index contributed by atoms with van der Waals surface area (Å²) in [4.78, 5) is 0. The molecule has 0 saturated heterocycles. The van der Waals surface area contributed by atoms with Crippen molar-refractivity contribution in [3.05, 3.63) is 5.56 Å². The Labute approximate surface area is 86.7 Å². The highest BCUT2D eigenvalue weighted by molar-refractivity contribution is 6.67. The van der Waals surface area contributed by atoms with Gasteiger partial charge in [-0.3, -0.25) is 0 Å². The van der Waals surface area contributed by atoms with E-state index in [0.29, 0.717) is 0 Å². The molecule has 0 aliphatic carbocycles. The van der Waals surface area contributed by atoms with Gasteiger partial charge in [0.2, 0.25) is 0 Å². The van der Waals surface area contributed by atoms with Crippen molar-refractivity contribution in [2.45, 2.75) is 6.32 Å². The van der Waals surface area contributed by atoms with Gasteiger partial charge in [0.05, 0.1) is 0 Å². The summed E-state index contributed by atoms with van der Waals surface area (Å²) in [5.41, 5.74) is 8.93. The first-order chi connectivity index (χ1) is 6.00. The molecule has 6 heteroatoms. The van der Waals surface area contributed by atoms with E-state index in [2.05, 4.69) is 47.1 Å². The largest absolute Gasteiger partial charge is 0.138 e. The van der Waals surface area contributed by atoms with Crippen LogP contribution in [0.25, 0.3) is 0 Å². The van der Waals surface area contributed by atoms with Gasteiger partial charge in [-0.1, -0.05) is 22.8 Å². The lowest BCUT2D eigenvalue weighted by atomic mass is 9.59. The second kappa shape index (κ2) is 3.77. The molecule has 60 valence electrons. The Balaban J connectivity index is 3.56. The van der Waals surface area contributed by atoms with E-state index in [1.165, 1.54) is 27.3 Å². The Morgan fingerprint density at radius 3 is 1.23 bits per heavy atom. The quantitative estimate of drug-likeness (QED) is 0.361. The number of hydrogen-bond donors (Lipinski definition) is 0. The minimum Gasteiger partial charge on any atom is -0.102 e. The van der Waals surface area contributed by atoms with Crippen molar-refractivity contribution >= 4 is 74.4 Å². The molecule has 0 N–H and O–H groups in total. The fourth-order valence-electron chi connectivity index (χ4n) is 2.11. The SMILES string of the molecule is BCc1c(B)c(B)c(B)c(B)c1B. The zero-order valence-electron chi connectivity index (χ0n) is 9.71. The summed E-state index contributed by atoms with van der Waals surface area (Å²) in [5, 5.41) is 0. The molecular weight excluding hydrogens is 149 g/mol. The molecule has 1 aromatic carbocycles. The van der Waals surface area contributed by atoms with E-state index in [0.717, 1.165) is 6.32 Å². The molecule has 1 aromatic rings. The minimum absolute atomic E-state index is 1.15. The van der Waals surface area contributed by atoms with E-state index < -0.39 is 0 Å². The van der Waals surface area contributed by atoms with Crippen LogP contribution < -0.4 is 27.3 Å². The van der Waals surface area contributed by atoms with Crippen molar-refractivity contribution in [3.8, 4) is 0 Å². The summed E-state index contributed by atoms with van der Waals surface area (Å²) in [6.07, 6.45) is 1.15. The molecule has 0 nitrogen and oxygen atoms in total. The van der Waals surface area contributed by atoms with E-state index >= 15 is 0 Å². The van der Waals surface area contributed by atoms with Gasteiger partial charge in [0.15, 0.2) is 0 Å². The topological polar surface area (TPSA) is 0 Å². The number of benzene rings is 1. The summed E-state index contributed by atoms with van der Waals surface area (Å²) >= 11 is 0. The van der Waals surface area contributed by atoms with E-state index in [1.54, 1.807) is 5.56 Å². The molecule has 0 aliphatic heterocycles. The van der Waals surface area contributed by atoms with Crippen molar-refractivity contribution in [1.82, 2.24) is 0 Å². The predicted octanol–water partition coefficient (Wildman–Crippen LogP) is -7.89. The smallest absolute Gasteiger partial charge is 0.102 e. The first kappa shape index (κ1) is 10.7. The lowest BCUT2D eigenvalue weighted by molar-refractivity contribution is 1.50. The van der Waals surface area contributed by atoms with Gasteiger partial charge < -0.3 is 0 Å². The monoisotopic (exact) mass is 164 g/mol. The Morgan fingerprint density at radius 1 is 0.615 bits per heavy atom. The van der Waals surface area contributed by atoms with Gasteiger partial charge in [0.25, 0.3) is 0 Å². The third-order valence-corrected chi connectivity index (χ3v) is 3.51. The standard InChI is InChI=1S/C7H14B6/c8-1-2-3(9)5(11)7(13)6(12)4(2)10/h1,8-13H2. The van der Waals surface area contributed by atoms with Crippen LogP contribution in [0.1, 0.15) is 5.56 Å². The van der Waals surface area contributed by atoms with Gasteiger partial charge in [-0.25, -0.2) is 0 Å². The van der Waals surface area contributed by atoms with Crippen molar-refractivity contribution in [2.75, 3.05) is 0 Å². The molecule has 0 radical (unpaired) electrons. The lowest BCUT2D eigenvalue weighted by Gasteiger charge is -2.18. The van der Waals surface area contributed by atoms with Gasteiger partial charge in [-0.05, 0) is 0 Å². The number of rotatable bonds is 1. The molecule has 0 heterocycles. The lowest BCUT2D eigenvalue weighted by Crippen LogP contribution is -2.56. The Morgan fingerprint density at radius 2 is 0.923 bits per heavy atom. The molecule has 0 saturated carbocycles. The molecule has 0 atom stereocenters. The normalized spacial score (nSPS) is 10.2. The van der Waals surface area contributed by atoms with Crippen LogP contribution in [0.2, 0.25) is 0 Å². The fourth-order valence-corrected chi connectivity index (χ4v) is 2.11. The van der Waals surface area contributed by atoms with Crippen molar-refractivity contribution in [1.29, 1.82) is 0 Å². The second-order valence-electron chi connectivity index (χ2n) is 3.96. The van der Waals surface area contributed by atoms with Gasteiger partial charge in [0, 0.05) is 0 Å². The summed E-state index contributed by atoms with van der Waals surface area (Å²) < 4.78 is 0. The summed E-state index contributed by atoms with van der Waals surface area (Å²) in [6.45, 7) is 0. The van der Waals surface area contributed by atoms with Crippen LogP contribution in [-0.2, 0) is 6.32 Å². The third-order valence-electron chi connectivity index (χ3n) is 3.51. The summed E-state index contributed by atoms with van der Waals surface area (Å²) in [5.74, 6) is 0. The van der Waals surface area contributed by atoms with Crippen LogP contribution in [0.5, 0.6) is 0 Å². The van der Waals surface area contributed by atoms with Gasteiger partial charge >= 0.3 is 0 Å². The van der Waals surface area contributed by atoms with Crippen LogP contribution >= 0.6 is 0 Å². The Hall–Kier alpha value is -0.390. The van der Waals surface area contributed by atoms with Crippen molar-refractivity contribution in [2.24, 2.45) is 0 Å². The van der Waals surface area contributed by atoms with E-state index in [4.69, 9.17) is 0 Å². The maximum Gasteiger partial charge on any atom is 0.138 e. The average molecular weight is 163 g/mol. The zero-order valence-corrected chi connectivity index (χ0v) is 9.71. The van der Waals surface area contributed by atoms with Crippen LogP contribution in [-0.4, -0.2) is 47.1 Å². The zero-order chi connectivity index (χ0) is 10.2. The minimum atomic E-state index is 1.15. The molecule has 0 aromatic heterocycles. The maximum absolute atomic E-state index is 2.24. The summed E-state index contributed by atoms with van der Waals surface area (Å²) in [7, 11) is 13.4.